The lowest BCUT2D eigenvalue weighted by Crippen LogP contribution is -2.43. The van der Waals surface area contributed by atoms with Gasteiger partial charge < -0.3 is 21.3 Å². The van der Waals surface area contributed by atoms with Crippen molar-refractivity contribution in [2.75, 3.05) is 0 Å². The van der Waals surface area contributed by atoms with E-state index < -0.39 is 35.8 Å². The summed E-state index contributed by atoms with van der Waals surface area (Å²) in [5.41, 5.74) is 4.92. The number of nitrogens with two attached hydrogens (primary N) is 1. The maximum absolute atomic E-state index is 12.1. The average molecular weight is 358 g/mol. The summed E-state index contributed by atoms with van der Waals surface area (Å²) in [7, 11) is 0. The maximum atomic E-state index is 12.1. The zero-order valence-corrected chi connectivity index (χ0v) is 14.3. The molecule has 7 heteroatoms. The van der Waals surface area contributed by atoms with E-state index in [1.165, 1.54) is 12.1 Å². The van der Waals surface area contributed by atoms with Crippen molar-refractivity contribution in [2.45, 2.75) is 50.2 Å². The zero-order chi connectivity index (χ0) is 19.2. The van der Waals surface area contributed by atoms with Gasteiger partial charge in [-0.3, -0.25) is 9.59 Å². The maximum Gasteiger partial charge on any atom is 0.326 e. The number of benzene rings is 1. The Labute approximate surface area is 151 Å². The van der Waals surface area contributed by atoms with E-state index in [0.29, 0.717) is 18.4 Å². The van der Waals surface area contributed by atoms with Gasteiger partial charge in [-0.15, -0.1) is 0 Å². The summed E-state index contributed by atoms with van der Waals surface area (Å²) in [5, 5.41) is 21.6. The average Bonchev–Trinajstić information content (AvgIpc) is 2.60. The van der Waals surface area contributed by atoms with Crippen molar-refractivity contribution in [1.82, 2.24) is 5.32 Å². The van der Waals surface area contributed by atoms with Crippen LogP contribution in [-0.4, -0.2) is 39.6 Å². The molecule has 5 N–H and O–H groups in total. The van der Waals surface area contributed by atoms with Crippen LogP contribution in [0, 0.1) is 11.8 Å². The van der Waals surface area contributed by atoms with Crippen LogP contribution >= 0.6 is 0 Å². The summed E-state index contributed by atoms with van der Waals surface area (Å²) >= 11 is 0. The van der Waals surface area contributed by atoms with Gasteiger partial charge in [0.2, 0.25) is 5.91 Å². The van der Waals surface area contributed by atoms with Crippen molar-refractivity contribution < 1.29 is 24.6 Å². The topological polar surface area (TPSA) is 130 Å². The first-order chi connectivity index (χ1) is 12.3. The molecule has 2 amide bonds. The SMILES string of the molecule is NC(=O)CC(NC(=O)c1ccc(C#CC2(O)CCCCC2)cc1)C(=O)O. The van der Waals surface area contributed by atoms with E-state index in [1.807, 2.05) is 0 Å². The van der Waals surface area contributed by atoms with Gasteiger partial charge in [0.05, 0.1) is 6.42 Å². The van der Waals surface area contributed by atoms with Crippen molar-refractivity contribution in [2.24, 2.45) is 5.73 Å². The number of aliphatic carboxylic acids is 1. The first-order valence-corrected chi connectivity index (χ1v) is 8.47. The van der Waals surface area contributed by atoms with Crippen LogP contribution < -0.4 is 11.1 Å². The third-order valence-electron chi connectivity index (χ3n) is 4.28. The quantitative estimate of drug-likeness (QED) is 0.578. The summed E-state index contributed by atoms with van der Waals surface area (Å²) in [6.07, 6.45) is 3.87. The Balaban J connectivity index is 2.03. The lowest BCUT2D eigenvalue weighted by Gasteiger charge is -2.26. The highest BCUT2D eigenvalue weighted by atomic mass is 16.4. The molecule has 0 spiro atoms. The largest absolute Gasteiger partial charge is 0.480 e. The second-order valence-electron chi connectivity index (χ2n) is 6.45. The molecule has 0 bridgehead atoms. The number of carbonyl (C=O) groups is 3. The molecule has 26 heavy (non-hydrogen) atoms. The van der Waals surface area contributed by atoms with Crippen LogP contribution in [0.25, 0.3) is 0 Å². The fourth-order valence-electron chi connectivity index (χ4n) is 2.80. The fourth-order valence-corrected chi connectivity index (χ4v) is 2.80. The Bertz CT molecular complexity index is 739. The van der Waals surface area contributed by atoms with E-state index in [1.54, 1.807) is 12.1 Å². The lowest BCUT2D eigenvalue weighted by atomic mass is 9.85. The summed E-state index contributed by atoms with van der Waals surface area (Å²) < 4.78 is 0. The minimum Gasteiger partial charge on any atom is -0.480 e. The van der Waals surface area contributed by atoms with Gasteiger partial charge in [0.1, 0.15) is 11.6 Å². The Morgan fingerprint density at radius 2 is 1.77 bits per heavy atom. The fraction of sp³-hybridized carbons (Fsp3) is 0.421. The van der Waals surface area contributed by atoms with Crippen molar-refractivity contribution in [3.05, 3.63) is 35.4 Å². The van der Waals surface area contributed by atoms with Crippen LogP contribution in [-0.2, 0) is 9.59 Å². The predicted octanol–water partition coefficient (Wildman–Crippen LogP) is 0.792. The number of nitrogens with one attached hydrogen (secondary N) is 1. The number of amides is 2. The minimum absolute atomic E-state index is 0.239. The highest BCUT2D eigenvalue weighted by molar-refractivity contribution is 5.97. The smallest absolute Gasteiger partial charge is 0.326 e. The van der Waals surface area contributed by atoms with Crippen LogP contribution in [0.3, 0.4) is 0 Å². The van der Waals surface area contributed by atoms with E-state index in [-0.39, 0.29) is 5.56 Å². The zero-order valence-electron chi connectivity index (χ0n) is 14.3. The third kappa shape index (κ3) is 5.60. The minimum atomic E-state index is -1.37. The summed E-state index contributed by atoms with van der Waals surface area (Å²) in [4.78, 5) is 34.0. The van der Waals surface area contributed by atoms with Crippen LogP contribution in [0.2, 0.25) is 0 Å². The van der Waals surface area contributed by atoms with Gasteiger partial charge in [0.25, 0.3) is 5.91 Å². The number of hydrogen-bond acceptors (Lipinski definition) is 4. The molecule has 1 saturated carbocycles. The van der Waals surface area contributed by atoms with E-state index >= 15 is 0 Å². The molecule has 0 aliphatic heterocycles. The summed E-state index contributed by atoms with van der Waals surface area (Å²) in [5.74, 6) is 3.06. The number of hydrogen-bond donors (Lipinski definition) is 4. The molecule has 138 valence electrons. The Morgan fingerprint density at radius 3 is 2.31 bits per heavy atom. The first-order valence-electron chi connectivity index (χ1n) is 8.47. The van der Waals surface area contributed by atoms with Gasteiger partial charge in [-0.25, -0.2) is 4.79 Å². The van der Waals surface area contributed by atoms with Crippen LogP contribution in [0.4, 0.5) is 0 Å². The van der Waals surface area contributed by atoms with Gasteiger partial charge in [-0.05, 0) is 49.9 Å². The van der Waals surface area contributed by atoms with E-state index in [4.69, 9.17) is 10.8 Å². The number of primary amides is 1. The summed E-state index contributed by atoms with van der Waals surface area (Å²) in [6.45, 7) is 0. The third-order valence-corrected chi connectivity index (χ3v) is 4.28. The number of carboxylic acid groups (broad SMARTS) is 1. The highest BCUT2D eigenvalue weighted by Crippen LogP contribution is 2.27. The lowest BCUT2D eigenvalue weighted by molar-refractivity contribution is -0.140. The van der Waals surface area contributed by atoms with E-state index in [0.717, 1.165) is 19.3 Å². The highest BCUT2D eigenvalue weighted by Gasteiger charge is 2.26. The predicted molar refractivity (Wildman–Crippen MR) is 94.1 cm³/mol. The van der Waals surface area contributed by atoms with Crippen molar-refractivity contribution in [3.8, 4) is 11.8 Å². The van der Waals surface area contributed by atoms with Crippen molar-refractivity contribution in [1.29, 1.82) is 0 Å². The molecule has 1 aromatic rings. The molecule has 1 unspecified atom stereocenters. The van der Waals surface area contributed by atoms with Gasteiger partial charge in [0.15, 0.2) is 0 Å². The van der Waals surface area contributed by atoms with E-state index in [2.05, 4.69) is 17.2 Å². The Hall–Kier alpha value is -2.85. The molecule has 7 nitrogen and oxygen atoms in total. The molecule has 1 aromatic carbocycles. The van der Waals surface area contributed by atoms with Crippen molar-refractivity contribution in [3.63, 3.8) is 0 Å². The molecular weight excluding hydrogens is 336 g/mol. The molecule has 0 heterocycles. The monoisotopic (exact) mass is 358 g/mol. The van der Waals surface area contributed by atoms with Crippen molar-refractivity contribution >= 4 is 17.8 Å². The Kier molecular flexibility index (Phi) is 6.36. The number of aliphatic hydroxyl groups is 1. The normalized spacial score (nSPS) is 16.7. The molecule has 1 atom stereocenters. The molecule has 1 aliphatic carbocycles. The number of rotatable bonds is 5. The second-order valence-corrected chi connectivity index (χ2v) is 6.45. The molecule has 1 fully saturated rings. The van der Waals surface area contributed by atoms with Crippen LogP contribution in [0.15, 0.2) is 24.3 Å². The molecular formula is C19H22N2O5. The number of carboxylic acids is 1. The molecule has 0 saturated heterocycles. The van der Waals surface area contributed by atoms with Crippen LogP contribution in [0.5, 0.6) is 0 Å². The van der Waals surface area contributed by atoms with Crippen LogP contribution in [0.1, 0.15) is 54.4 Å². The molecule has 1 aliphatic rings. The van der Waals surface area contributed by atoms with Gasteiger partial charge in [-0.1, -0.05) is 18.3 Å². The molecule has 0 aromatic heterocycles. The van der Waals surface area contributed by atoms with Gasteiger partial charge in [-0.2, -0.15) is 0 Å². The van der Waals surface area contributed by atoms with Gasteiger partial charge in [0, 0.05) is 11.1 Å². The standard InChI is InChI=1S/C19H22N2O5/c20-16(22)12-15(18(24)25)21-17(23)14-6-4-13(5-7-14)8-11-19(26)9-2-1-3-10-19/h4-7,15,26H,1-3,9-10,12H2,(H2,20,22)(H,21,23)(H,24,25). The molecule has 0 radical (unpaired) electrons. The van der Waals surface area contributed by atoms with E-state index in [9.17, 15) is 19.5 Å². The first kappa shape index (κ1) is 19.5. The summed E-state index contributed by atoms with van der Waals surface area (Å²) in [6, 6.07) is 4.89. The Morgan fingerprint density at radius 1 is 1.15 bits per heavy atom. The number of carbonyl (C=O) groups excluding carboxylic acids is 2. The molecule has 2 rings (SSSR count). The van der Waals surface area contributed by atoms with Gasteiger partial charge >= 0.3 is 5.97 Å². The second kappa shape index (κ2) is 8.50.